The van der Waals surface area contributed by atoms with Crippen LogP contribution in [0.25, 0.3) is 0 Å². The maximum absolute atomic E-state index is 12.3. The van der Waals surface area contributed by atoms with E-state index in [-0.39, 0.29) is 11.9 Å². The molecule has 0 radical (unpaired) electrons. The second kappa shape index (κ2) is 4.97. The summed E-state index contributed by atoms with van der Waals surface area (Å²) in [5.74, 6) is 0.657. The number of nitrogens with zero attached hydrogens (tertiary/aromatic N) is 1. The van der Waals surface area contributed by atoms with Crippen molar-refractivity contribution in [3.63, 3.8) is 0 Å². The molecule has 1 fully saturated rings. The molecule has 1 aromatic heterocycles. The van der Waals surface area contributed by atoms with Crippen LogP contribution in [0.3, 0.4) is 0 Å². The summed E-state index contributed by atoms with van der Waals surface area (Å²) in [4.78, 5) is 14.2. The first kappa shape index (κ1) is 11.6. The van der Waals surface area contributed by atoms with Crippen molar-refractivity contribution in [3.05, 3.63) is 22.4 Å². The van der Waals surface area contributed by atoms with Crippen LogP contribution in [0.4, 0.5) is 0 Å². The first-order valence-corrected chi connectivity index (χ1v) is 6.71. The topological polar surface area (TPSA) is 46.3 Å². The zero-order valence-corrected chi connectivity index (χ0v) is 10.4. The number of amides is 1. The van der Waals surface area contributed by atoms with E-state index >= 15 is 0 Å². The first-order chi connectivity index (χ1) is 7.74. The Morgan fingerprint density at radius 3 is 3.12 bits per heavy atom. The standard InChI is InChI=1S/C12H18N2OS/c1-9-3-2-5-14(11(9)7-13)12(15)10-4-6-16-8-10/h4,6,8-9,11H,2-3,5,7,13H2,1H3. The summed E-state index contributed by atoms with van der Waals surface area (Å²) in [6.45, 7) is 3.60. The van der Waals surface area contributed by atoms with E-state index in [0.29, 0.717) is 12.5 Å². The third kappa shape index (κ3) is 2.13. The van der Waals surface area contributed by atoms with Gasteiger partial charge < -0.3 is 10.6 Å². The molecular weight excluding hydrogens is 220 g/mol. The fraction of sp³-hybridized carbons (Fsp3) is 0.583. The summed E-state index contributed by atoms with van der Waals surface area (Å²) in [6, 6.07) is 2.10. The number of carbonyl (C=O) groups excluding carboxylic acids is 1. The fourth-order valence-corrected chi connectivity index (χ4v) is 3.04. The molecule has 3 nitrogen and oxygen atoms in total. The van der Waals surface area contributed by atoms with E-state index in [1.165, 1.54) is 6.42 Å². The van der Waals surface area contributed by atoms with Crippen molar-refractivity contribution >= 4 is 17.2 Å². The number of likely N-dealkylation sites (tertiary alicyclic amines) is 1. The number of rotatable bonds is 2. The van der Waals surface area contributed by atoms with Crippen LogP contribution in [-0.2, 0) is 0 Å². The molecule has 1 aliphatic heterocycles. The van der Waals surface area contributed by atoms with Gasteiger partial charge in [-0.2, -0.15) is 11.3 Å². The van der Waals surface area contributed by atoms with Crippen LogP contribution in [0.15, 0.2) is 16.8 Å². The van der Waals surface area contributed by atoms with Gasteiger partial charge in [0.15, 0.2) is 0 Å². The molecule has 0 bridgehead atoms. The molecule has 2 N–H and O–H groups in total. The predicted octanol–water partition coefficient (Wildman–Crippen LogP) is 1.95. The molecular formula is C12H18N2OS. The highest BCUT2D eigenvalue weighted by atomic mass is 32.1. The highest BCUT2D eigenvalue weighted by molar-refractivity contribution is 7.08. The Morgan fingerprint density at radius 2 is 2.50 bits per heavy atom. The highest BCUT2D eigenvalue weighted by Crippen LogP contribution is 2.24. The van der Waals surface area contributed by atoms with Gasteiger partial charge in [0.1, 0.15) is 0 Å². The van der Waals surface area contributed by atoms with E-state index in [1.807, 2.05) is 21.7 Å². The normalized spacial score (nSPS) is 25.8. The van der Waals surface area contributed by atoms with Crippen molar-refractivity contribution in [2.75, 3.05) is 13.1 Å². The summed E-state index contributed by atoms with van der Waals surface area (Å²) >= 11 is 1.56. The minimum Gasteiger partial charge on any atom is -0.334 e. The average molecular weight is 238 g/mol. The van der Waals surface area contributed by atoms with E-state index in [4.69, 9.17) is 5.73 Å². The molecule has 16 heavy (non-hydrogen) atoms. The summed E-state index contributed by atoms with van der Waals surface area (Å²) in [5, 5.41) is 3.85. The largest absolute Gasteiger partial charge is 0.334 e. The average Bonchev–Trinajstić information content (AvgIpc) is 2.81. The molecule has 88 valence electrons. The number of nitrogens with two attached hydrogens (primary N) is 1. The lowest BCUT2D eigenvalue weighted by Gasteiger charge is -2.39. The number of carbonyl (C=O) groups is 1. The van der Waals surface area contributed by atoms with Crippen molar-refractivity contribution in [2.24, 2.45) is 11.7 Å². The molecule has 0 aromatic carbocycles. The lowest BCUT2D eigenvalue weighted by molar-refractivity contribution is 0.0533. The van der Waals surface area contributed by atoms with Gasteiger partial charge >= 0.3 is 0 Å². The van der Waals surface area contributed by atoms with Gasteiger partial charge in [-0.15, -0.1) is 0 Å². The number of hydrogen-bond donors (Lipinski definition) is 1. The van der Waals surface area contributed by atoms with Crippen LogP contribution in [0, 0.1) is 5.92 Å². The number of thiophene rings is 1. The van der Waals surface area contributed by atoms with Crippen LogP contribution >= 0.6 is 11.3 Å². The molecule has 1 aromatic rings. The van der Waals surface area contributed by atoms with Gasteiger partial charge in [0.25, 0.3) is 5.91 Å². The molecule has 1 saturated heterocycles. The Bertz CT molecular complexity index is 350. The molecule has 2 atom stereocenters. The Hall–Kier alpha value is -0.870. The molecule has 2 heterocycles. The molecule has 0 saturated carbocycles. The monoisotopic (exact) mass is 238 g/mol. The first-order valence-electron chi connectivity index (χ1n) is 5.77. The van der Waals surface area contributed by atoms with Gasteiger partial charge in [0, 0.05) is 24.5 Å². The van der Waals surface area contributed by atoms with Crippen LogP contribution in [0.5, 0.6) is 0 Å². The van der Waals surface area contributed by atoms with E-state index < -0.39 is 0 Å². The Balaban J connectivity index is 2.15. The van der Waals surface area contributed by atoms with Crippen molar-refractivity contribution < 1.29 is 4.79 Å². The third-order valence-corrected chi connectivity index (χ3v) is 4.07. The van der Waals surface area contributed by atoms with Gasteiger partial charge in [-0.3, -0.25) is 4.79 Å². The maximum atomic E-state index is 12.3. The zero-order valence-electron chi connectivity index (χ0n) is 9.56. The minimum absolute atomic E-state index is 0.142. The third-order valence-electron chi connectivity index (χ3n) is 3.39. The van der Waals surface area contributed by atoms with Crippen LogP contribution in [0.1, 0.15) is 30.1 Å². The van der Waals surface area contributed by atoms with E-state index in [9.17, 15) is 4.79 Å². The van der Waals surface area contributed by atoms with Gasteiger partial charge in [-0.05, 0) is 30.2 Å². The predicted molar refractivity (Wildman–Crippen MR) is 66.6 cm³/mol. The molecule has 1 amide bonds. The molecule has 4 heteroatoms. The molecule has 2 unspecified atom stereocenters. The van der Waals surface area contributed by atoms with Crippen molar-refractivity contribution in [1.82, 2.24) is 4.90 Å². The fourth-order valence-electron chi connectivity index (χ4n) is 2.41. The van der Waals surface area contributed by atoms with Crippen molar-refractivity contribution in [1.29, 1.82) is 0 Å². The van der Waals surface area contributed by atoms with E-state index in [0.717, 1.165) is 18.5 Å². The molecule has 1 aliphatic rings. The minimum atomic E-state index is 0.142. The van der Waals surface area contributed by atoms with Gasteiger partial charge in [-0.1, -0.05) is 6.92 Å². The smallest absolute Gasteiger partial charge is 0.254 e. The summed E-state index contributed by atoms with van der Waals surface area (Å²) < 4.78 is 0. The van der Waals surface area contributed by atoms with Crippen LogP contribution in [0.2, 0.25) is 0 Å². The van der Waals surface area contributed by atoms with E-state index in [2.05, 4.69) is 6.92 Å². The lowest BCUT2D eigenvalue weighted by Crippen LogP contribution is -2.51. The SMILES string of the molecule is CC1CCCN(C(=O)c2ccsc2)C1CN. The number of piperidine rings is 1. The summed E-state index contributed by atoms with van der Waals surface area (Å²) in [5.41, 5.74) is 6.59. The Morgan fingerprint density at radius 1 is 1.69 bits per heavy atom. The van der Waals surface area contributed by atoms with Gasteiger partial charge in [-0.25, -0.2) is 0 Å². The van der Waals surface area contributed by atoms with E-state index in [1.54, 1.807) is 11.3 Å². The highest BCUT2D eigenvalue weighted by Gasteiger charge is 2.31. The van der Waals surface area contributed by atoms with Crippen molar-refractivity contribution in [2.45, 2.75) is 25.8 Å². The maximum Gasteiger partial charge on any atom is 0.254 e. The summed E-state index contributed by atoms with van der Waals surface area (Å²) in [7, 11) is 0. The second-order valence-electron chi connectivity index (χ2n) is 4.43. The Labute approximate surface area is 100 Å². The van der Waals surface area contributed by atoms with Crippen molar-refractivity contribution in [3.8, 4) is 0 Å². The quantitative estimate of drug-likeness (QED) is 0.856. The molecule has 2 rings (SSSR count). The van der Waals surface area contributed by atoms with Crippen LogP contribution < -0.4 is 5.73 Å². The van der Waals surface area contributed by atoms with Gasteiger partial charge in [0.2, 0.25) is 0 Å². The number of hydrogen-bond acceptors (Lipinski definition) is 3. The Kier molecular flexibility index (Phi) is 3.61. The molecule has 0 spiro atoms. The second-order valence-corrected chi connectivity index (χ2v) is 5.21. The molecule has 0 aliphatic carbocycles. The van der Waals surface area contributed by atoms with Gasteiger partial charge in [0.05, 0.1) is 5.56 Å². The lowest BCUT2D eigenvalue weighted by atomic mass is 9.90. The van der Waals surface area contributed by atoms with Crippen LogP contribution in [-0.4, -0.2) is 29.9 Å². The summed E-state index contributed by atoms with van der Waals surface area (Å²) in [6.07, 6.45) is 2.27. The zero-order chi connectivity index (χ0) is 11.5.